The van der Waals surface area contributed by atoms with E-state index in [1.54, 1.807) is 0 Å². The van der Waals surface area contributed by atoms with Gasteiger partial charge in [0.2, 0.25) is 0 Å². The van der Waals surface area contributed by atoms with E-state index < -0.39 is 0 Å². The zero-order valence-corrected chi connectivity index (χ0v) is 15.0. The molecular weight excluding hydrogens is 338 g/mol. The summed E-state index contributed by atoms with van der Waals surface area (Å²) >= 11 is 0. The van der Waals surface area contributed by atoms with E-state index in [0.717, 1.165) is 60.7 Å². The fourth-order valence-electron chi connectivity index (χ4n) is 3.63. The van der Waals surface area contributed by atoms with Gasteiger partial charge in [-0.2, -0.15) is 5.10 Å². The van der Waals surface area contributed by atoms with Crippen molar-refractivity contribution < 1.29 is 4.74 Å². The minimum Gasteiger partial charge on any atom is -0.383 e. The standard InChI is InChI=1S/C21H21N5O/c22-21-17-3-1-2-4-19(17)26-20(23-21)13-18(24-26)16-7-5-15(6-8-16)14-25-9-11-27-12-10-25/h1-8,13H,9-12,14H2,(H2,22,23). The van der Waals surface area contributed by atoms with Crippen molar-refractivity contribution in [3.63, 3.8) is 0 Å². The molecule has 3 heterocycles. The number of fused-ring (bicyclic) bond motifs is 3. The van der Waals surface area contributed by atoms with Crippen LogP contribution in [0.2, 0.25) is 0 Å². The lowest BCUT2D eigenvalue weighted by Gasteiger charge is -2.26. The molecule has 0 radical (unpaired) electrons. The van der Waals surface area contributed by atoms with Gasteiger partial charge in [0.15, 0.2) is 5.65 Å². The maximum Gasteiger partial charge on any atom is 0.158 e. The van der Waals surface area contributed by atoms with Crippen LogP contribution in [0.25, 0.3) is 27.8 Å². The van der Waals surface area contributed by atoms with Gasteiger partial charge in [-0.1, -0.05) is 36.4 Å². The predicted molar refractivity (Wildman–Crippen MR) is 106 cm³/mol. The second-order valence-corrected chi connectivity index (χ2v) is 6.90. The molecule has 2 N–H and O–H groups in total. The van der Waals surface area contributed by atoms with Gasteiger partial charge in [-0.3, -0.25) is 4.90 Å². The number of nitrogen functional groups attached to an aromatic ring is 1. The molecular formula is C21H21N5O. The number of benzene rings is 2. The fourth-order valence-corrected chi connectivity index (χ4v) is 3.63. The van der Waals surface area contributed by atoms with E-state index >= 15 is 0 Å². The molecule has 2 aromatic carbocycles. The first-order valence-corrected chi connectivity index (χ1v) is 9.21. The Morgan fingerprint density at radius 2 is 1.78 bits per heavy atom. The predicted octanol–water partition coefficient (Wildman–Crippen LogP) is 2.96. The summed E-state index contributed by atoms with van der Waals surface area (Å²) in [5.41, 5.74) is 11.1. The molecule has 5 rings (SSSR count). The van der Waals surface area contributed by atoms with Crippen LogP contribution < -0.4 is 5.73 Å². The van der Waals surface area contributed by atoms with Gasteiger partial charge in [0.05, 0.1) is 24.4 Å². The molecule has 1 saturated heterocycles. The van der Waals surface area contributed by atoms with E-state index in [0.29, 0.717) is 5.82 Å². The largest absolute Gasteiger partial charge is 0.383 e. The molecule has 0 atom stereocenters. The third-order valence-electron chi connectivity index (χ3n) is 5.09. The van der Waals surface area contributed by atoms with E-state index in [-0.39, 0.29) is 0 Å². The molecule has 2 aromatic heterocycles. The summed E-state index contributed by atoms with van der Waals surface area (Å²) in [5, 5.41) is 5.69. The summed E-state index contributed by atoms with van der Waals surface area (Å²) in [6.07, 6.45) is 0. The summed E-state index contributed by atoms with van der Waals surface area (Å²) in [4.78, 5) is 6.92. The van der Waals surface area contributed by atoms with Gasteiger partial charge in [-0.25, -0.2) is 9.50 Å². The van der Waals surface area contributed by atoms with Gasteiger partial charge in [0.25, 0.3) is 0 Å². The highest BCUT2D eigenvalue weighted by Crippen LogP contribution is 2.25. The molecule has 1 fully saturated rings. The van der Waals surface area contributed by atoms with Crippen LogP contribution in [0, 0.1) is 0 Å². The average molecular weight is 359 g/mol. The lowest BCUT2D eigenvalue weighted by molar-refractivity contribution is 0.0342. The third-order valence-corrected chi connectivity index (χ3v) is 5.09. The second-order valence-electron chi connectivity index (χ2n) is 6.90. The molecule has 0 amide bonds. The van der Waals surface area contributed by atoms with E-state index in [2.05, 4.69) is 34.1 Å². The first kappa shape index (κ1) is 16.2. The quantitative estimate of drug-likeness (QED) is 0.609. The number of anilines is 1. The van der Waals surface area contributed by atoms with E-state index in [1.165, 1.54) is 5.56 Å². The van der Waals surface area contributed by atoms with E-state index in [4.69, 9.17) is 15.6 Å². The number of rotatable bonds is 3. The van der Waals surface area contributed by atoms with Gasteiger partial charge in [0, 0.05) is 36.7 Å². The third kappa shape index (κ3) is 3.03. The highest BCUT2D eigenvalue weighted by atomic mass is 16.5. The number of nitrogens with two attached hydrogens (primary N) is 1. The van der Waals surface area contributed by atoms with Crippen LogP contribution in [-0.2, 0) is 11.3 Å². The molecule has 4 aromatic rings. The molecule has 0 spiro atoms. The Morgan fingerprint density at radius 1 is 1.00 bits per heavy atom. The SMILES string of the molecule is Nc1nc2cc(-c3ccc(CN4CCOCC4)cc3)nn2c2ccccc12. The van der Waals surface area contributed by atoms with Crippen LogP contribution in [0.15, 0.2) is 54.6 Å². The van der Waals surface area contributed by atoms with Crippen LogP contribution >= 0.6 is 0 Å². The van der Waals surface area contributed by atoms with Crippen molar-refractivity contribution in [3.05, 3.63) is 60.2 Å². The number of ether oxygens (including phenoxy) is 1. The van der Waals surface area contributed by atoms with Crippen molar-refractivity contribution in [2.45, 2.75) is 6.54 Å². The van der Waals surface area contributed by atoms with Crippen LogP contribution in [0.5, 0.6) is 0 Å². The highest BCUT2D eigenvalue weighted by Gasteiger charge is 2.12. The molecule has 27 heavy (non-hydrogen) atoms. The smallest absolute Gasteiger partial charge is 0.158 e. The Labute approximate surface area is 157 Å². The van der Waals surface area contributed by atoms with Crippen LogP contribution in [0.4, 0.5) is 5.82 Å². The molecule has 0 unspecified atom stereocenters. The Kier molecular flexibility index (Phi) is 3.99. The maximum atomic E-state index is 6.11. The molecule has 1 aliphatic rings. The van der Waals surface area contributed by atoms with E-state index in [9.17, 15) is 0 Å². The van der Waals surface area contributed by atoms with Crippen molar-refractivity contribution >= 4 is 22.4 Å². The summed E-state index contributed by atoms with van der Waals surface area (Å²) in [7, 11) is 0. The highest BCUT2D eigenvalue weighted by molar-refractivity contribution is 5.90. The first-order valence-electron chi connectivity index (χ1n) is 9.21. The van der Waals surface area contributed by atoms with Crippen molar-refractivity contribution in [2.75, 3.05) is 32.0 Å². The van der Waals surface area contributed by atoms with Gasteiger partial charge in [0.1, 0.15) is 5.82 Å². The molecule has 136 valence electrons. The van der Waals surface area contributed by atoms with Crippen LogP contribution in [0.1, 0.15) is 5.56 Å². The number of morpholine rings is 1. The summed E-state index contributed by atoms with van der Waals surface area (Å²) in [6, 6.07) is 18.5. The van der Waals surface area contributed by atoms with Crippen molar-refractivity contribution in [2.24, 2.45) is 0 Å². The van der Waals surface area contributed by atoms with Gasteiger partial charge in [-0.15, -0.1) is 0 Å². The maximum absolute atomic E-state index is 6.11. The first-order chi connectivity index (χ1) is 13.3. The summed E-state index contributed by atoms with van der Waals surface area (Å²) < 4.78 is 7.28. The molecule has 6 nitrogen and oxygen atoms in total. The summed E-state index contributed by atoms with van der Waals surface area (Å²) in [5.74, 6) is 0.533. The van der Waals surface area contributed by atoms with Gasteiger partial charge < -0.3 is 10.5 Å². The Hall–Kier alpha value is -2.96. The normalized spacial score (nSPS) is 15.6. The molecule has 0 bridgehead atoms. The van der Waals surface area contributed by atoms with Crippen LogP contribution in [0.3, 0.4) is 0 Å². The van der Waals surface area contributed by atoms with Crippen molar-refractivity contribution in [1.82, 2.24) is 19.5 Å². The zero-order chi connectivity index (χ0) is 18.2. The molecule has 1 aliphatic heterocycles. The van der Waals surface area contributed by atoms with Crippen LogP contribution in [-0.4, -0.2) is 45.8 Å². The number of nitrogens with zero attached hydrogens (tertiary/aromatic N) is 4. The van der Waals surface area contributed by atoms with E-state index in [1.807, 2.05) is 34.8 Å². The number of aromatic nitrogens is 3. The Morgan fingerprint density at radius 3 is 2.59 bits per heavy atom. The number of para-hydroxylation sites is 1. The number of hydrogen-bond acceptors (Lipinski definition) is 5. The molecule has 0 aliphatic carbocycles. The lowest BCUT2D eigenvalue weighted by Crippen LogP contribution is -2.35. The fraction of sp³-hybridized carbons (Fsp3) is 0.238. The average Bonchev–Trinajstić information content (AvgIpc) is 3.14. The minimum atomic E-state index is 0.533. The number of hydrogen-bond donors (Lipinski definition) is 1. The summed E-state index contributed by atoms with van der Waals surface area (Å²) in [6.45, 7) is 4.59. The lowest BCUT2D eigenvalue weighted by atomic mass is 10.1. The monoisotopic (exact) mass is 359 g/mol. The molecule has 6 heteroatoms. The zero-order valence-electron chi connectivity index (χ0n) is 15.0. The van der Waals surface area contributed by atoms with Crippen molar-refractivity contribution in [1.29, 1.82) is 0 Å². The van der Waals surface area contributed by atoms with Crippen molar-refractivity contribution in [3.8, 4) is 11.3 Å². The topological polar surface area (TPSA) is 68.7 Å². The second kappa shape index (κ2) is 6.64. The van der Waals surface area contributed by atoms with Gasteiger partial charge >= 0.3 is 0 Å². The molecule has 0 saturated carbocycles. The van der Waals surface area contributed by atoms with Gasteiger partial charge in [-0.05, 0) is 17.7 Å². The Bertz CT molecular complexity index is 1100. The minimum absolute atomic E-state index is 0.533. The Balaban J connectivity index is 1.47.